The van der Waals surface area contributed by atoms with Gasteiger partial charge in [-0.3, -0.25) is 0 Å². The second kappa shape index (κ2) is 4.86. The van der Waals surface area contributed by atoms with Gasteiger partial charge < -0.3 is 15.2 Å². The van der Waals surface area contributed by atoms with E-state index in [0.717, 1.165) is 22.6 Å². The summed E-state index contributed by atoms with van der Waals surface area (Å²) < 4.78 is 5.21. The molecular formula is C11H17NO2. The van der Waals surface area contributed by atoms with E-state index >= 15 is 0 Å². The number of nitrogens with one attached hydrogen (secondary N) is 1. The molecule has 14 heavy (non-hydrogen) atoms. The zero-order valence-corrected chi connectivity index (χ0v) is 8.92. The van der Waals surface area contributed by atoms with Crippen molar-refractivity contribution in [3.05, 3.63) is 23.3 Å². The van der Waals surface area contributed by atoms with Crippen LogP contribution in [0.25, 0.3) is 0 Å². The number of benzene rings is 1. The van der Waals surface area contributed by atoms with Gasteiger partial charge in [0, 0.05) is 12.2 Å². The van der Waals surface area contributed by atoms with Crippen molar-refractivity contribution in [1.82, 2.24) is 0 Å². The SMILES string of the molecule is COc1ccc(NCCO)c(C)c1C. The Morgan fingerprint density at radius 3 is 2.57 bits per heavy atom. The molecule has 78 valence electrons. The van der Waals surface area contributed by atoms with Crippen LogP contribution in [-0.4, -0.2) is 25.4 Å². The summed E-state index contributed by atoms with van der Waals surface area (Å²) >= 11 is 0. The van der Waals surface area contributed by atoms with Gasteiger partial charge in [0.25, 0.3) is 0 Å². The van der Waals surface area contributed by atoms with E-state index in [1.165, 1.54) is 0 Å². The molecule has 1 rings (SSSR count). The molecule has 1 aromatic rings. The van der Waals surface area contributed by atoms with Gasteiger partial charge in [0.05, 0.1) is 13.7 Å². The van der Waals surface area contributed by atoms with Gasteiger partial charge in [0.2, 0.25) is 0 Å². The van der Waals surface area contributed by atoms with Gasteiger partial charge in [-0.2, -0.15) is 0 Å². The fourth-order valence-corrected chi connectivity index (χ4v) is 1.40. The van der Waals surface area contributed by atoms with E-state index in [9.17, 15) is 0 Å². The molecule has 2 N–H and O–H groups in total. The van der Waals surface area contributed by atoms with Crippen LogP contribution in [0.15, 0.2) is 12.1 Å². The van der Waals surface area contributed by atoms with Crippen molar-refractivity contribution in [2.75, 3.05) is 25.6 Å². The third-order valence-electron chi connectivity index (χ3n) is 2.38. The first-order valence-corrected chi connectivity index (χ1v) is 4.69. The van der Waals surface area contributed by atoms with E-state index in [0.29, 0.717) is 6.54 Å². The molecule has 0 spiro atoms. The molecular weight excluding hydrogens is 178 g/mol. The molecule has 0 aliphatic rings. The molecule has 0 saturated carbocycles. The minimum atomic E-state index is 0.143. The number of aliphatic hydroxyl groups excluding tert-OH is 1. The van der Waals surface area contributed by atoms with Gasteiger partial charge in [-0.25, -0.2) is 0 Å². The molecule has 0 aliphatic carbocycles. The highest BCUT2D eigenvalue weighted by molar-refractivity contribution is 5.58. The standard InChI is InChI=1S/C11H17NO2/c1-8-9(2)11(14-3)5-4-10(8)12-6-7-13/h4-5,12-13H,6-7H2,1-3H3. The molecule has 0 atom stereocenters. The van der Waals surface area contributed by atoms with Crippen molar-refractivity contribution >= 4 is 5.69 Å². The Labute approximate surface area is 84.7 Å². The van der Waals surface area contributed by atoms with Crippen LogP contribution in [0.3, 0.4) is 0 Å². The predicted molar refractivity (Wildman–Crippen MR) is 58.0 cm³/mol. The first kappa shape index (κ1) is 10.9. The van der Waals surface area contributed by atoms with Crippen molar-refractivity contribution in [1.29, 1.82) is 0 Å². The van der Waals surface area contributed by atoms with Crippen LogP contribution in [0.5, 0.6) is 5.75 Å². The van der Waals surface area contributed by atoms with Gasteiger partial charge >= 0.3 is 0 Å². The van der Waals surface area contributed by atoms with Gasteiger partial charge in [0.15, 0.2) is 0 Å². The van der Waals surface area contributed by atoms with Crippen molar-refractivity contribution in [3.8, 4) is 5.75 Å². The summed E-state index contributed by atoms with van der Waals surface area (Å²) in [7, 11) is 1.67. The monoisotopic (exact) mass is 195 g/mol. The number of ether oxygens (including phenoxy) is 1. The zero-order chi connectivity index (χ0) is 10.6. The maximum absolute atomic E-state index is 8.70. The minimum absolute atomic E-state index is 0.143. The van der Waals surface area contributed by atoms with Crippen LogP contribution >= 0.6 is 0 Å². The Bertz CT molecular complexity index is 310. The number of rotatable bonds is 4. The summed E-state index contributed by atoms with van der Waals surface area (Å²) in [5, 5.41) is 11.9. The maximum atomic E-state index is 8.70. The molecule has 3 heteroatoms. The summed E-state index contributed by atoms with van der Waals surface area (Å²) in [6, 6.07) is 3.90. The van der Waals surface area contributed by atoms with Crippen molar-refractivity contribution in [2.24, 2.45) is 0 Å². The summed E-state index contributed by atoms with van der Waals surface area (Å²) in [6.45, 7) is 4.78. The quantitative estimate of drug-likeness (QED) is 0.768. The van der Waals surface area contributed by atoms with E-state index in [-0.39, 0.29) is 6.61 Å². The Hall–Kier alpha value is -1.22. The lowest BCUT2D eigenvalue weighted by molar-refractivity contribution is 0.311. The summed E-state index contributed by atoms with van der Waals surface area (Å²) in [6.07, 6.45) is 0. The fourth-order valence-electron chi connectivity index (χ4n) is 1.40. The molecule has 3 nitrogen and oxygen atoms in total. The van der Waals surface area contributed by atoms with E-state index < -0.39 is 0 Å². The third-order valence-corrected chi connectivity index (χ3v) is 2.38. The van der Waals surface area contributed by atoms with Crippen LogP contribution in [0.1, 0.15) is 11.1 Å². The van der Waals surface area contributed by atoms with Crippen LogP contribution in [0, 0.1) is 13.8 Å². The van der Waals surface area contributed by atoms with E-state index in [4.69, 9.17) is 9.84 Å². The smallest absolute Gasteiger partial charge is 0.122 e. The molecule has 0 radical (unpaired) electrons. The first-order valence-electron chi connectivity index (χ1n) is 4.69. The molecule has 0 bridgehead atoms. The zero-order valence-electron chi connectivity index (χ0n) is 8.92. The molecule has 0 aromatic heterocycles. The van der Waals surface area contributed by atoms with Gasteiger partial charge in [0.1, 0.15) is 5.75 Å². The molecule has 0 aliphatic heterocycles. The number of methoxy groups -OCH3 is 1. The first-order chi connectivity index (χ1) is 6.70. The molecule has 0 saturated heterocycles. The predicted octanol–water partition coefficient (Wildman–Crippen LogP) is 1.72. The average Bonchev–Trinajstić information content (AvgIpc) is 2.20. The Morgan fingerprint density at radius 1 is 1.29 bits per heavy atom. The van der Waals surface area contributed by atoms with Gasteiger partial charge in [-0.05, 0) is 37.1 Å². The maximum Gasteiger partial charge on any atom is 0.122 e. The van der Waals surface area contributed by atoms with Gasteiger partial charge in [-0.15, -0.1) is 0 Å². The molecule has 0 fully saturated rings. The number of hydrogen-bond donors (Lipinski definition) is 2. The highest BCUT2D eigenvalue weighted by Gasteiger charge is 2.05. The summed E-state index contributed by atoms with van der Waals surface area (Å²) in [4.78, 5) is 0. The summed E-state index contributed by atoms with van der Waals surface area (Å²) in [5.74, 6) is 0.900. The lowest BCUT2D eigenvalue weighted by Gasteiger charge is -2.13. The van der Waals surface area contributed by atoms with Crippen LogP contribution < -0.4 is 10.1 Å². The van der Waals surface area contributed by atoms with Crippen LogP contribution in [0.4, 0.5) is 5.69 Å². The Kier molecular flexibility index (Phi) is 3.77. The molecule has 0 unspecified atom stereocenters. The molecule has 0 amide bonds. The number of anilines is 1. The average molecular weight is 195 g/mol. The largest absolute Gasteiger partial charge is 0.496 e. The highest BCUT2D eigenvalue weighted by Crippen LogP contribution is 2.26. The second-order valence-electron chi connectivity index (χ2n) is 3.22. The van der Waals surface area contributed by atoms with Crippen molar-refractivity contribution in [3.63, 3.8) is 0 Å². The molecule has 0 heterocycles. The third kappa shape index (κ3) is 2.17. The van der Waals surface area contributed by atoms with Crippen LogP contribution in [-0.2, 0) is 0 Å². The normalized spacial score (nSPS) is 10.0. The Balaban J connectivity index is 2.92. The van der Waals surface area contributed by atoms with E-state index in [2.05, 4.69) is 5.32 Å². The van der Waals surface area contributed by atoms with Crippen molar-refractivity contribution in [2.45, 2.75) is 13.8 Å². The van der Waals surface area contributed by atoms with Crippen molar-refractivity contribution < 1.29 is 9.84 Å². The second-order valence-corrected chi connectivity index (χ2v) is 3.22. The number of aliphatic hydroxyl groups is 1. The fraction of sp³-hybridized carbons (Fsp3) is 0.455. The summed E-state index contributed by atoms with van der Waals surface area (Å²) in [5.41, 5.74) is 3.35. The van der Waals surface area contributed by atoms with E-state index in [1.54, 1.807) is 7.11 Å². The lowest BCUT2D eigenvalue weighted by Crippen LogP contribution is -2.07. The van der Waals surface area contributed by atoms with Crippen LogP contribution in [0.2, 0.25) is 0 Å². The van der Waals surface area contributed by atoms with Gasteiger partial charge in [-0.1, -0.05) is 0 Å². The Morgan fingerprint density at radius 2 is 2.00 bits per heavy atom. The lowest BCUT2D eigenvalue weighted by atomic mass is 10.1. The molecule has 1 aromatic carbocycles. The highest BCUT2D eigenvalue weighted by atomic mass is 16.5. The van der Waals surface area contributed by atoms with E-state index in [1.807, 2.05) is 26.0 Å². The number of hydrogen-bond acceptors (Lipinski definition) is 3. The topological polar surface area (TPSA) is 41.5 Å². The minimum Gasteiger partial charge on any atom is -0.496 e.